The molecule has 0 bridgehead atoms. The molecule has 1 N–H and O–H groups in total. The first kappa shape index (κ1) is 22.3. The summed E-state index contributed by atoms with van der Waals surface area (Å²) in [6.45, 7) is 14.6. The lowest BCUT2D eigenvalue weighted by molar-refractivity contribution is 0.186. The van der Waals surface area contributed by atoms with Gasteiger partial charge in [0.1, 0.15) is 0 Å². The Morgan fingerprint density at radius 1 is 1.40 bits per heavy atom. The summed E-state index contributed by atoms with van der Waals surface area (Å²) in [5, 5.41) is 3.62. The SMILES string of the molecule is CN=C(NCC(C)(C)CC(C)C)N1CCC(C)C(n2ccnc2)C1.I. The Labute approximate surface area is 170 Å². The van der Waals surface area contributed by atoms with Crippen molar-refractivity contribution < 1.29 is 0 Å². The number of aliphatic imine (C=N–C) groups is 1. The fourth-order valence-corrected chi connectivity index (χ4v) is 3.92. The molecule has 1 aromatic rings. The smallest absolute Gasteiger partial charge is 0.193 e. The second-order valence-corrected chi connectivity index (χ2v) is 8.45. The Hall–Kier alpha value is -0.790. The largest absolute Gasteiger partial charge is 0.356 e. The lowest BCUT2D eigenvalue weighted by Crippen LogP contribution is -2.50. The first-order valence-corrected chi connectivity index (χ1v) is 9.25. The van der Waals surface area contributed by atoms with Crippen molar-refractivity contribution in [2.45, 2.75) is 53.5 Å². The monoisotopic (exact) mass is 461 g/mol. The number of hydrogen-bond acceptors (Lipinski definition) is 2. The molecule has 1 aliphatic heterocycles. The highest BCUT2D eigenvalue weighted by atomic mass is 127. The van der Waals surface area contributed by atoms with Crippen molar-refractivity contribution in [1.29, 1.82) is 0 Å². The summed E-state index contributed by atoms with van der Waals surface area (Å²) in [7, 11) is 1.89. The number of likely N-dealkylation sites (tertiary alicyclic amines) is 1. The highest BCUT2D eigenvalue weighted by Gasteiger charge is 2.29. The normalized spacial score (nSPS) is 22.0. The van der Waals surface area contributed by atoms with E-state index in [1.807, 2.05) is 19.6 Å². The third-order valence-electron chi connectivity index (χ3n) is 5.02. The summed E-state index contributed by atoms with van der Waals surface area (Å²) in [6, 6.07) is 0.462. The summed E-state index contributed by atoms with van der Waals surface area (Å²) >= 11 is 0. The van der Waals surface area contributed by atoms with Crippen LogP contribution in [0.3, 0.4) is 0 Å². The molecule has 0 aromatic carbocycles. The maximum atomic E-state index is 4.54. The van der Waals surface area contributed by atoms with E-state index in [0.717, 1.165) is 25.6 Å². The lowest BCUT2D eigenvalue weighted by atomic mass is 9.84. The van der Waals surface area contributed by atoms with Crippen LogP contribution in [-0.2, 0) is 0 Å². The molecular formula is C19H36IN5. The van der Waals surface area contributed by atoms with Crippen molar-refractivity contribution in [3.63, 3.8) is 0 Å². The second kappa shape index (κ2) is 9.78. The van der Waals surface area contributed by atoms with Crippen LogP contribution in [0.5, 0.6) is 0 Å². The first-order chi connectivity index (χ1) is 11.3. The maximum Gasteiger partial charge on any atom is 0.193 e. The van der Waals surface area contributed by atoms with Crippen molar-refractivity contribution in [3.05, 3.63) is 18.7 Å². The van der Waals surface area contributed by atoms with Gasteiger partial charge >= 0.3 is 0 Å². The van der Waals surface area contributed by atoms with Crippen molar-refractivity contribution >= 4 is 29.9 Å². The molecule has 25 heavy (non-hydrogen) atoms. The van der Waals surface area contributed by atoms with Crippen LogP contribution >= 0.6 is 24.0 Å². The molecule has 6 heteroatoms. The molecule has 2 heterocycles. The van der Waals surface area contributed by atoms with Crippen LogP contribution in [0.15, 0.2) is 23.7 Å². The molecule has 1 fully saturated rings. The number of nitrogens with zero attached hydrogens (tertiary/aromatic N) is 4. The van der Waals surface area contributed by atoms with Crippen LogP contribution in [0, 0.1) is 17.3 Å². The molecule has 1 aromatic heterocycles. The van der Waals surface area contributed by atoms with Gasteiger partial charge < -0.3 is 14.8 Å². The Morgan fingerprint density at radius 3 is 2.68 bits per heavy atom. The minimum Gasteiger partial charge on any atom is -0.356 e. The van der Waals surface area contributed by atoms with Crippen LogP contribution in [0.4, 0.5) is 0 Å². The van der Waals surface area contributed by atoms with Gasteiger partial charge in [-0.15, -0.1) is 24.0 Å². The zero-order valence-electron chi connectivity index (χ0n) is 16.7. The van der Waals surface area contributed by atoms with Gasteiger partial charge in [0.05, 0.1) is 12.4 Å². The van der Waals surface area contributed by atoms with Crippen LogP contribution in [0.1, 0.15) is 53.5 Å². The summed E-state index contributed by atoms with van der Waals surface area (Å²) in [4.78, 5) is 11.2. The topological polar surface area (TPSA) is 45.5 Å². The predicted molar refractivity (Wildman–Crippen MR) is 117 cm³/mol. The Kier molecular flexibility index (Phi) is 8.71. The Bertz CT molecular complexity index is 524. The van der Waals surface area contributed by atoms with E-state index in [-0.39, 0.29) is 29.4 Å². The molecule has 144 valence electrons. The summed E-state index contributed by atoms with van der Waals surface area (Å²) < 4.78 is 2.24. The van der Waals surface area contributed by atoms with Crippen molar-refractivity contribution in [3.8, 4) is 0 Å². The van der Waals surface area contributed by atoms with Gasteiger partial charge in [0.2, 0.25) is 0 Å². The molecule has 0 amide bonds. The third-order valence-corrected chi connectivity index (χ3v) is 5.02. The highest BCUT2D eigenvalue weighted by Crippen LogP contribution is 2.28. The van der Waals surface area contributed by atoms with E-state index < -0.39 is 0 Å². The Morgan fingerprint density at radius 2 is 2.12 bits per heavy atom. The molecule has 2 rings (SSSR count). The number of halogens is 1. The second-order valence-electron chi connectivity index (χ2n) is 8.45. The molecule has 0 radical (unpaired) electrons. The molecule has 5 nitrogen and oxygen atoms in total. The molecule has 1 saturated heterocycles. The van der Waals surface area contributed by atoms with Crippen molar-refractivity contribution in [2.24, 2.45) is 22.2 Å². The summed E-state index contributed by atoms with van der Waals surface area (Å²) in [6.07, 6.45) is 8.27. The van der Waals surface area contributed by atoms with E-state index in [4.69, 9.17) is 0 Å². The first-order valence-electron chi connectivity index (χ1n) is 9.25. The van der Waals surface area contributed by atoms with Gasteiger partial charge in [-0.3, -0.25) is 4.99 Å². The molecule has 2 unspecified atom stereocenters. The van der Waals surface area contributed by atoms with Crippen LogP contribution in [0.2, 0.25) is 0 Å². The lowest BCUT2D eigenvalue weighted by Gasteiger charge is -2.40. The van der Waals surface area contributed by atoms with Crippen molar-refractivity contribution in [1.82, 2.24) is 19.8 Å². The molecular weight excluding hydrogens is 425 g/mol. The fourth-order valence-electron chi connectivity index (χ4n) is 3.92. The molecule has 2 atom stereocenters. The number of imidazole rings is 1. The van der Waals surface area contributed by atoms with Crippen molar-refractivity contribution in [2.75, 3.05) is 26.7 Å². The summed E-state index contributed by atoms with van der Waals surface area (Å²) in [5.74, 6) is 2.40. The fraction of sp³-hybridized carbons (Fsp3) is 0.789. The van der Waals surface area contributed by atoms with Gasteiger partial charge in [0.25, 0.3) is 0 Å². The van der Waals surface area contributed by atoms with Gasteiger partial charge in [0, 0.05) is 39.1 Å². The van der Waals surface area contributed by atoms with Crippen LogP contribution in [-0.4, -0.2) is 47.1 Å². The number of guanidine groups is 1. The standard InChI is InChI=1S/C19H35N5.HI/c1-15(2)11-19(4,5)13-22-18(20-6)23-9-7-16(3)17(12-23)24-10-8-21-14-24;/h8,10,14-17H,7,9,11-13H2,1-6H3,(H,20,22);1H. The number of piperidine rings is 1. The van der Waals surface area contributed by atoms with E-state index in [1.165, 1.54) is 12.8 Å². The van der Waals surface area contributed by atoms with E-state index in [9.17, 15) is 0 Å². The summed E-state index contributed by atoms with van der Waals surface area (Å²) in [5.41, 5.74) is 0.275. The van der Waals surface area contributed by atoms with Gasteiger partial charge in [-0.05, 0) is 30.1 Å². The highest BCUT2D eigenvalue weighted by molar-refractivity contribution is 14.0. The van der Waals surface area contributed by atoms with E-state index in [2.05, 4.69) is 65.6 Å². The number of aromatic nitrogens is 2. The minimum atomic E-state index is 0. The minimum absolute atomic E-state index is 0. The number of nitrogens with one attached hydrogen (secondary N) is 1. The predicted octanol–water partition coefficient (Wildman–Crippen LogP) is 4.03. The average Bonchev–Trinajstić information content (AvgIpc) is 3.02. The molecule has 0 saturated carbocycles. The quantitative estimate of drug-likeness (QED) is 0.409. The maximum absolute atomic E-state index is 4.54. The Balaban J connectivity index is 0.00000312. The van der Waals surface area contributed by atoms with E-state index >= 15 is 0 Å². The molecule has 1 aliphatic rings. The number of hydrogen-bond donors (Lipinski definition) is 1. The van der Waals surface area contributed by atoms with E-state index in [0.29, 0.717) is 17.9 Å². The zero-order valence-corrected chi connectivity index (χ0v) is 19.0. The number of rotatable bonds is 5. The van der Waals surface area contributed by atoms with Crippen LogP contribution < -0.4 is 5.32 Å². The third kappa shape index (κ3) is 6.46. The van der Waals surface area contributed by atoms with Gasteiger partial charge in [-0.2, -0.15) is 0 Å². The van der Waals surface area contributed by atoms with Gasteiger partial charge in [-0.25, -0.2) is 4.98 Å². The van der Waals surface area contributed by atoms with E-state index in [1.54, 1.807) is 0 Å². The molecule has 0 aliphatic carbocycles. The average molecular weight is 461 g/mol. The molecule has 0 spiro atoms. The zero-order chi connectivity index (χ0) is 17.7. The van der Waals surface area contributed by atoms with Crippen LogP contribution in [0.25, 0.3) is 0 Å². The van der Waals surface area contributed by atoms with Gasteiger partial charge in [-0.1, -0.05) is 34.6 Å². The van der Waals surface area contributed by atoms with Gasteiger partial charge in [0.15, 0.2) is 5.96 Å².